The molecule has 0 aromatic heterocycles. The molecular formula is C32H40N2O5S2. The molecule has 0 radical (unpaired) electrons. The largest absolute Gasteiger partial charge is 0.480 e. The van der Waals surface area contributed by atoms with E-state index in [9.17, 15) is 23.1 Å². The topological polar surface area (TPSA) is 104 Å². The molecule has 9 heteroatoms. The van der Waals surface area contributed by atoms with Crippen molar-refractivity contribution < 1.29 is 23.1 Å². The van der Waals surface area contributed by atoms with Gasteiger partial charge in [0.05, 0.1) is 18.0 Å². The summed E-state index contributed by atoms with van der Waals surface area (Å²) in [6, 6.07) is 19.5. The van der Waals surface area contributed by atoms with Gasteiger partial charge in [-0.3, -0.25) is 9.10 Å². The number of rotatable bonds is 15. The summed E-state index contributed by atoms with van der Waals surface area (Å²) in [7, 11) is -3.63. The second-order valence-electron chi connectivity index (χ2n) is 10.00. The number of amides is 1. The van der Waals surface area contributed by atoms with Gasteiger partial charge >= 0.3 is 5.97 Å². The molecule has 0 unspecified atom stereocenters. The molecule has 0 saturated carbocycles. The van der Waals surface area contributed by atoms with Crippen LogP contribution in [0.3, 0.4) is 0 Å². The predicted molar refractivity (Wildman–Crippen MR) is 169 cm³/mol. The fourth-order valence-electron chi connectivity index (χ4n) is 4.70. The van der Waals surface area contributed by atoms with Gasteiger partial charge in [0, 0.05) is 5.56 Å². The van der Waals surface area contributed by atoms with Gasteiger partial charge in [-0.1, -0.05) is 68.8 Å². The third-order valence-corrected chi connectivity index (χ3v) is 9.48. The molecular weight excluding hydrogens is 556 g/mol. The van der Waals surface area contributed by atoms with Crippen molar-refractivity contribution in [3.05, 3.63) is 89.0 Å². The molecule has 0 saturated heterocycles. The molecule has 0 bridgehead atoms. The lowest BCUT2D eigenvalue weighted by molar-refractivity contribution is -0.139. The van der Waals surface area contributed by atoms with E-state index in [4.69, 9.17) is 0 Å². The summed E-state index contributed by atoms with van der Waals surface area (Å²) in [6.45, 7) is 6.02. The fraction of sp³-hybridized carbons (Fsp3) is 0.375. The van der Waals surface area contributed by atoms with E-state index < -0.39 is 27.9 Å². The van der Waals surface area contributed by atoms with E-state index in [0.717, 1.165) is 28.7 Å². The van der Waals surface area contributed by atoms with Crippen LogP contribution in [-0.2, 0) is 27.8 Å². The molecule has 0 fully saturated rings. The molecule has 0 aliphatic heterocycles. The van der Waals surface area contributed by atoms with Crippen molar-refractivity contribution in [1.82, 2.24) is 5.32 Å². The van der Waals surface area contributed by atoms with Crippen molar-refractivity contribution in [2.24, 2.45) is 0 Å². The van der Waals surface area contributed by atoms with E-state index in [2.05, 4.69) is 5.32 Å². The first-order valence-corrected chi connectivity index (χ1v) is 16.9. The summed E-state index contributed by atoms with van der Waals surface area (Å²) in [5.74, 6) is -0.919. The molecule has 7 nitrogen and oxygen atoms in total. The number of thioether (sulfide) groups is 1. The maximum atomic E-state index is 13.6. The van der Waals surface area contributed by atoms with Crippen molar-refractivity contribution in [3.63, 3.8) is 0 Å². The van der Waals surface area contributed by atoms with Crippen LogP contribution in [0, 0.1) is 6.92 Å². The zero-order chi connectivity index (χ0) is 30.0. The normalized spacial score (nSPS) is 12.1. The number of hydrogen-bond acceptors (Lipinski definition) is 5. The van der Waals surface area contributed by atoms with E-state index in [1.54, 1.807) is 12.1 Å². The van der Waals surface area contributed by atoms with Crippen LogP contribution in [0.4, 0.5) is 5.69 Å². The molecule has 1 amide bonds. The zero-order valence-corrected chi connectivity index (χ0v) is 25.9. The average molecular weight is 597 g/mol. The molecule has 220 valence electrons. The van der Waals surface area contributed by atoms with Crippen LogP contribution in [0.2, 0.25) is 0 Å². The van der Waals surface area contributed by atoms with E-state index in [1.807, 2.05) is 81.6 Å². The Morgan fingerprint density at radius 2 is 1.71 bits per heavy atom. The van der Waals surface area contributed by atoms with Crippen molar-refractivity contribution >= 4 is 39.3 Å². The summed E-state index contributed by atoms with van der Waals surface area (Å²) in [6.07, 6.45) is 4.20. The standard InChI is InChI=1S/C32H40N2O5S2/c1-5-7-20-41(38,39)34(30-15-11-9-13-25(30)6-2)22-24-16-17-27(28(21-24)26-14-10-8-12-23(26)3)31(35)33-29(32(36)37)18-19-40-4/h8-17,21,29H,5-7,18-20,22H2,1-4H3,(H,33,35)(H,36,37)/t29-/m0/s1. The Hall–Kier alpha value is -3.30. The maximum Gasteiger partial charge on any atom is 0.326 e. The van der Waals surface area contributed by atoms with Gasteiger partial charge in [-0.05, 0) is 84.2 Å². The summed E-state index contributed by atoms with van der Waals surface area (Å²) < 4.78 is 28.7. The van der Waals surface area contributed by atoms with E-state index >= 15 is 0 Å². The smallest absolute Gasteiger partial charge is 0.326 e. The zero-order valence-electron chi connectivity index (χ0n) is 24.2. The number of unbranched alkanes of at least 4 members (excludes halogenated alkanes) is 1. The monoisotopic (exact) mass is 596 g/mol. The first-order valence-electron chi connectivity index (χ1n) is 13.9. The Bertz CT molecular complexity index is 1460. The van der Waals surface area contributed by atoms with Gasteiger partial charge in [0.15, 0.2) is 0 Å². The molecule has 41 heavy (non-hydrogen) atoms. The molecule has 2 N–H and O–H groups in total. The van der Waals surface area contributed by atoms with Crippen LogP contribution in [-0.4, -0.2) is 49.2 Å². The number of sulfonamides is 1. The minimum Gasteiger partial charge on any atom is -0.480 e. The number of benzene rings is 3. The number of carbonyl (C=O) groups is 2. The second-order valence-corrected chi connectivity index (χ2v) is 13.0. The minimum atomic E-state index is -3.63. The molecule has 3 aromatic rings. The number of anilines is 1. The highest BCUT2D eigenvalue weighted by molar-refractivity contribution is 7.98. The van der Waals surface area contributed by atoms with Crippen LogP contribution < -0.4 is 9.62 Å². The van der Waals surface area contributed by atoms with Gasteiger partial charge in [0.1, 0.15) is 6.04 Å². The number of carbonyl (C=O) groups excluding carboxylic acids is 1. The van der Waals surface area contributed by atoms with Crippen LogP contribution in [0.25, 0.3) is 11.1 Å². The fourth-order valence-corrected chi connectivity index (χ4v) is 6.87. The molecule has 0 aliphatic carbocycles. The Balaban J connectivity index is 2.10. The third kappa shape index (κ3) is 8.36. The van der Waals surface area contributed by atoms with E-state index in [0.29, 0.717) is 41.8 Å². The second kappa shape index (κ2) is 15.1. The van der Waals surface area contributed by atoms with E-state index in [-0.39, 0.29) is 12.3 Å². The highest BCUT2D eigenvalue weighted by Crippen LogP contribution is 2.31. The number of carboxylic acids is 1. The number of carboxylic acid groups (broad SMARTS) is 1. The lowest BCUT2D eigenvalue weighted by Crippen LogP contribution is -2.41. The average Bonchev–Trinajstić information content (AvgIpc) is 2.96. The maximum absolute atomic E-state index is 13.6. The first-order chi connectivity index (χ1) is 19.6. The van der Waals surface area contributed by atoms with Gasteiger partial charge in [-0.25, -0.2) is 13.2 Å². The lowest BCUT2D eigenvalue weighted by Gasteiger charge is -2.27. The number of nitrogens with zero attached hydrogens (tertiary/aromatic N) is 1. The Kier molecular flexibility index (Phi) is 11.8. The number of aryl methyl sites for hydroxylation is 2. The van der Waals surface area contributed by atoms with Crippen LogP contribution >= 0.6 is 11.8 Å². The summed E-state index contributed by atoms with van der Waals surface area (Å²) in [5, 5.41) is 12.4. The minimum absolute atomic E-state index is 0.0410. The van der Waals surface area contributed by atoms with Gasteiger partial charge in [0.2, 0.25) is 10.0 Å². The number of hydrogen-bond donors (Lipinski definition) is 2. The van der Waals surface area contributed by atoms with Crippen molar-refractivity contribution in [2.75, 3.05) is 22.1 Å². The SMILES string of the molecule is CCCCS(=O)(=O)N(Cc1ccc(C(=O)N[C@@H](CCSC)C(=O)O)c(-c2ccccc2C)c1)c1ccccc1CC. The number of aliphatic carboxylic acids is 1. The number of para-hydroxylation sites is 1. The molecule has 0 aliphatic rings. The molecule has 0 spiro atoms. The summed E-state index contributed by atoms with van der Waals surface area (Å²) in [5.41, 5.74) is 5.05. The Labute approximate surface area is 248 Å². The van der Waals surface area contributed by atoms with Gasteiger partial charge in [-0.2, -0.15) is 11.8 Å². The predicted octanol–water partition coefficient (Wildman–Crippen LogP) is 6.30. The lowest BCUT2D eigenvalue weighted by atomic mass is 9.93. The first kappa shape index (κ1) is 32.2. The van der Waals surface area contributed by atoms with Gasteiger partial charge < -0.3 is 10.4 Å². The van der Waals surface area contributed by atoms with Crippen molar-refractivity contribution in [1.29, 1.82) is 0 Å². The Morgan fingerprint density at radius 1 is 1.00 bits per heavy atom. The highest BCUT2D eigenvalue weighted by atomic mass is 32.2. The molecule has 0 heterocycles. The van der Waals surface area contributed by atoms with Gasteiger partial charge in [0.25, 0.3) is 5.91 Å². The molecule has 3 aromatic carbocycles. The van der Waals surface area contributed by atoms with Crippen LogP contribution in [0.5, 0.6) is 0 Å². The summed E-state index contributed by atoms with van der Waals surface area (Å²) in [4.78, 5) is 25.3. The highest BCUT2D eigenvalue weighted by Gasteiger charge is 2.26. The quantitative estimate of drug-likeness (QED) is 0.214. The van der Waals surface area contributed by atoms with Crippen molar-refractivity contribution in [3.8, 4) is 11.1 Å². The summed E-state index contributed by atoms with van der Waals surface area (Å²) >= 11 is 1.52. The van der Waals surface area contributed by atoms with Crippen molar-refractivity contribution in [2.45, 2.75) is 59.0 Å². The Morgan fingerprint density at radius 3 is 2.37 bits per heavy atom. The van der Waals surface area contributed by atoms with E-state index in [1.165, 1.54) is 16.1 Å². The number of nitrogens with one attached hydrogen (secondary N) is 1. The van der Waals surface area contributed by atoms with Gasteiger partial charge in [-0.15, -0.1) is 0 Å². The third-order valence-electron chi connectivity index (χ3n) is 7.04. The molecule has 1 atom stereocenters. The van der Waals surface area contributed by atoms with Crippen LogP contribution in [0.1, 0.15) is 60.2 Å². The molecule has 3 rings (SSSR count). The van der Waals surface area contributed by atoms with Crippen LogP contribution in [0.15, 0.2) is 66.7 Å².